The summed E-state index contributed by atoms with van der Waals surface area (Å²) in [7, 11) is 0. The number of carbonyl (C=O) groups excluding carboxylic acids is 1. The van der Waals surface area contributed by atoms with Crippen molar-refractivity contribution < 1.29 is 4.79 Å². The number of nitrogens with one attached hydrogen (secondary N) is 1. The molecule has 0 aliphatic carbocycles. The zero-order valence-corrected chi connectivity index (χ0v) is 11.7. The summed E-state index contributed by atoms with van der Waals surface area (Å²) in [4.78, 5) is 11.9. The lowest BCUT2D eigenvalue weighted by atomic mass is 10.0. The molecule has 18 heavy (non-hydrogen) atoms. The van der Waals surface area contributed by atoms with Gasteiger partial charge in [0.2, 0.25) is 5.91 Å². The van der Waals surface area contributed by atoms with Crippen LogP contribution in [0.25, 0.3) is 0 Å². The van der Waals surface area contributed by atoms with Crippen LogP contribution in [0.1, 0.15) is 38.3 Å². The third-order valence-corrected chi connectivity index (χ3v) is 3.23. The Labute approximate surface area is 114 Å². The van der Waals surface area contributed by atoms with E-state index < -0.39 is 0 Å². The molecular formula is C14H21ClN2O. The van der Waals surface area contributed by atoms with Gasteiger partial charge in [-0.05, 0) is 44.0 Å². The molecule has 3 nitrogen and oxygen atoms in total. The second-order valence-electron chi connectivity index (χ2n) is 4.62. The molecule has 0 saturated carbocycles. The molecule has 0 radical (unpaired) electrons. The number of rotatable bonds is 6. The first-order chi connectivity index (χ1) is 8.54. The normalized spacial score (nSPS) is 14.0. The molecule has 0 aromatic heterocycles. The highest BCUT2D eigenvalue weighted by Crippen LogP contribution is 2.18. The van der Waals surface area contributed by atoms with Gasteiger partial charge in [0.15, 0.2) is 0 Å². The Morgan fingerprint density at radius 2 is 2.17 bits per heavy atom. The van der Waals surface area contributed by atoms with Crippen LogP contribution in [0, 0.1) is 5.92 Å². The van der Waals surface area contributed by atoms with Crippen molar-refractivity contribution in [1.82, 2.24) is 5.32 Å². The number of hydrogen-bond donors (Lipinski definition) is 2. The second-order valence-corrected chi connectivity index (χ2v) is 5.05. The van der Waals surface area contributed by atoms with E-state index in [9.17, 15) is 4.79 Å². The number of hydrogen-bond acceptors (Lipinski definition) is 2. The van der Waals surface area contributed by atoms with Crippen LogP contribution >= 0.6 is 11.6 Å². The molecule has 1 rings (SSSR count). The molecule has 2 atom stereocenters. The third kappa shape index (κ3) is 4.67. The molecule has 0 fully saturated rings. The van der Waals surface area contributed by atoms with Gasteiger partial charge < -0.3 is 11.1 Å². The Morgan fingerprint density at radius 1 is 1.44 bits per heavy atom. The number of nitrogens with two attached hydrogens (primary N) is 1. The van der Waals surface area contributed by atoms with E-state index >= 15 is 0 Å². The summed E-state index contributed by atoms with van der Waals surface area (Å²) in [6, 6.07) is 7.51. The van der Waals surface area contributed by atoms with Crippen molar-refractivity contribution in [2.75, 3.05) is 6.54 Å². The Kier molecular flexibility index (Phi) is 6.16. The summed E-state index contributed by atoms with van der Waals surface area (Å²) >= 11 is 5.93. The van der Waals surface area contributed by atoms with E-state index in [0.717, 1.165) is 18.4 Å². The number of benzene rings is 1. The fourth-order valence-electron chi connectivity index (χ4n) is 1.77. The van der Waals surface area contributed by atoms with Crippen LogP contribution in [0.4, 0.5) is 0 Å². The predicted octanol–water partition coefficient (Wildman–Crippen LogP) is 2.89. The van der Waals surface area contributed by atoms with Crippen molar-refractivity contribution in [1.29, 1.82) is 0 Å². The van der Waals surface area contributed by atoms with E-state index in [0.29, 0.717) is 11.6 Å². The lowest BCUT2D eigenvalue weighted by Crippen LogP contribution is -2.31. The van der Waals surface area contributed by atoms with E-state index in [1.165, 1.54) is 0 Å². The van der Waals surface area contributed by atoms with Crippen molar-refractivity contribution in [2.24, 2.45) is 11.7 Å². The molecule has 100 valence electrons. The summed E-state index contributed by atoms with van der Waals surface area (Å²) in [5.41, 5.74) is 6.46. The SMILES string of the molecule is CC(CCCN)C(=O)N[C@@H](C)c1cccc(Cl)c1. The molecule has 3 N–H and O–H groups in total. The smallest absolute Gasteiger partial charge is 0.223 e. The molecule has 1 unspecified atom stereocenters. The number of carbonyl (C=O) groups is 1. The van der Waals surface area contributed by atoms with Gasteiger partial charge in [-0.1, -0.05) is 30.7 Å². The topological polar surface area (TPSA) is 55.1 Å². The fraction of sp³-hybridized carbons (Fsp3) is 0.500. The molecule has 1 aromatic carbocycles. The summed E-state index contributed by atoms with van der Waals surface area (Å²) < 4.78 is 0. The third-order valence-electron chi connectivity index (χ3n) is 3.00. The number of halogens is 1. The predicted molar refractivity (Wildman–Crippen MR) is 75.5 cm³/mol. The van der Waals surface area contributed by atoms with Crippen LogP contribution in [0.3, 0.4) is 0 Å². The minimum Gasteiger partial charge on any atom is -0.349 e. The van der Waals surface area contributed by atoms with E-state index in [1.54, 1.807) is 0 Å². The van der Waals surface area contributed by atoms with Gasteiger partial charge >= 0.3 is 0 Å². The Hall–Kier alpha value is -1.06. The average molecular weight is 269 g/mol. The van der Waals surface area contributed by atoms with Gasteiger partial charge in [0.05, 0.1) is 6.04 Å². The van der Waals surface area contributed by atoms with Crippen molar-refractivity contribution in [2.45, 2.75) is 32.7 Å². The first-order valence-electron chi connectivity index (χ1n) is 6.30. The second kappa shape index (κ2) is 7.39. The first kappa shape index (κ1) is 15.0. The van der Waals surface area contributed by atoms with Gasteiger partial charge in [-0.3, -0.25) is 4.79 Å². The van der Waals surface area contributed by atoms with Crippen LogP contribution in [0.5, 0.6) is 0 Å². The van der Waals surface area contributed by atoms with E-state index in [4.69, 9.17) is 17.3 Å². The van der Waals surface area contributed by atoms with Gasteiger partial charge in [0.25, 0.3) is 0 Å². The molecule has 0 spiro atoms. The molecule has 0 bridgehead atoms. The quantitative estimate of drug-likeness (QED) is 0.834. The van der Waals surface area contributed by atoms with Crippen LogP contribution in [-0.4, -0.2) is 12.5 Å². The highest BCUT2D eigenvalue weighted by Gasteiger charge is 2.15. The van der Waals surface area contributed by atoms with Crippen molar-refractivity contribution in [3.05, 3.63) is 34.9 Å². The molecule has 0 aliphatic rings. The minimum absolute atomic E-state index is 0.00446. The van der Waals surface area contributed by atoms with Crippen LogP contribution in [0.15, 0.2) is 24.3 Å². The molecule has 1 amide bonds. The van der Waals surface area contributed by atoms with Gasteiger partial charge in [-0.15, -0.1) is 0 Å². The highest BCUT2D eigenvalue weighted by molar-refractivity contribution is 6.30. The number of amides is 1. The highest BCUT2D eigenvalue weighted by atomic mass is 35.5. The first-order valence-corrected chi connectivity index (χ1v) is 6.68. The Morgan fingerprint density at radius 3 is 2.78 bits per heavy atom. The summed E-state index contributed by atoms with van der Waals surface area (Å²) in [5.74, 6) is 0.0612. The molecule has 0 aliphatic heterocycles. The zero-order valence-electron chi connectivity index (χ0n) is 10.9. The van der Waals surface area contributed by atoms with E-state index in [2.05, 4.69) is 5.32 Å². The van der Waals surface area contributed by atoms with Crippen molar-refractivity contribution >= 4 is 17.5 Å². The average Bonchev–Trinajstić information content (AvgIpc) is 2.35. The Bertz CT molecular complexity index is 395. The molecule has 0 heterocycles. The maximum atomic E-state index is 11.9. The summed E-state index contributed by atoms with van der Waals surface area (Å²) in [5, 5.41) is 3.68. The van der Waals surface area contributed by atoms with Gasteiger partial charge in [0, 0.05) is 10.9 Å². The molecule has 4 heteroatoms. The Balaban J connectivity index is 2.54. The van der Waals surface area contributed by atoms with Crippen LogP contribution in [0.2, 0.25) is 5.02 Å². The monoisotopic (exact) mass is 268 g/mol. The summed E-state index contributed by atoms with van der Waals surface area (Å²) in [6.07, 6.45) is 1.70. The van der Waals surface area contributed by atoms with Gasteiger partial charge in [-0.25, -0.2) is 0 Å². The molecule has 0 saturated heterocycles. The van der Waals surface area contributed by atoms with Gasteiger partial charge in [-0.2, -0.15) is 0 Å². The molecule has 1 aromatic rings. The standard InChI is InChI=1S/C14H21ClN2O/c1-10(5-4-8-16)14(18)17-11(2)12-6-3-7-13(15)9-12/h3,6-7,9-11H,4-5,8,16H2,1-2H3,(H,17,18)/t10?,11-/m0/s1. The molecular weight excluding hydrogens is 248 g/mol. The minimum atomic E-state index is -0.0310. The summed E-state index contributed by atoms with van der Waals surface area (Å²) in [6.45, 7) is 4.51. The van der Waals surface area contributed by atoms with Crippen molar-refractivity contribution in [3.8, 4) is 0 Å². The largest absolute Gasteiger partial charge is 0.349 e. The van der Waals surface area contributed by atoms with E-state index in [-0.39, 0.29) is 17.9 Å². The lowest BCUT2D eigenvalue weighted by Gasteiger charge is -2.18. The van der Waals surface area contributed by atoms with Crippen LogP contribution in [-0.2, 0) is 4.79 Å². The van der Waals surface area contributed by atoms with Crippen LogP contribution < -0.4 is 11.1 Å². The fourth-order valence-corrected chi connectivity index (χ4v) is 1.97. The van der Waals surface area contributed by atoms with E-state index in [1.807, 2.05) is 38.1 Å². The van der Waals surface area contributed by atoms with Crippen molar-refractivity contribution in [3.63, 3.8) is 0 Å². The zero-order chi connectivity index (χ0) is 13.5. The maximum absolute atomic E-state index is 11.9. The van der Waals surface area contributed by atoms with Gasteiger partial charge in [0.1, 0.15) is 0 Å². The lowest BCUT2D eigenvalue weighted by molar-refractivity contribution is -0.125. The maximum Gasteiger partial charge on any atom is 0.223 e.